The van der Waals surface area contributed by atoms with Crippen LogP contribution in [0.1, 0.15) is 23.8 Å². The van der Waals surface area contributed by atoms with Crippen LogP contribution in [0, 0.1) is 0 Å². The van der Waals surface area contributed by atoms with E-state index in [1.807, 2.05) is 29.8 Å². The molecule has 0 unspecified atom stereocenters. The molecule has 0 aliphatic heterocycles. The number of nitrogens with one attached hydrogen (secondary N) is 2. The third-order valence-electron chi connectivity index (χ3n) is 4.31. The zero-order valence-electron chi connectivity index (χ0n) is 14.4. The monoisotopic (exact) mass is 381 g/mol. The number of amides is 1. The summed E-state index contributed by atoms with van der Waals surface area (Å²) >= 11 is 3.23. The van der Waals surface area contributed by atoms with Gasteiger partial charge >= 0.3 is 0 Å². The van der Waals surface area contributed by atoms with Gasteiger partial charge in [-0.05, 0) is 36.6 Å². The van der Waals surface area contributed by atoms with Gasteiger partial charge in [0.2, 0.25) is 5.91 Å². The number of nitrogens with zero attached hydrogens (tertiary/aromatic N) is 1. The lowest BCUT2D eigenvalue weighted by atomic mass is 10.1. The molecule has 0 aliphatic rings. The maximum Gasteiger partial charge on any atom is 0.226 e. The van der Waals surface area contributed by atoms with Crippen LogP contribution in [0.4, 0.5) is 5.13 Å². The second-order valence-corrected chi connectivity index (χ2v) is 8.09. The third-order valence-corrected chi connectivity index (χ3v) is 6.32. The van der Waals surface area contributed by atoms with Crippen LogP contribution >= 0.6 is 22.7 Å². The summed E-state index contributed by atoms with van der Waals surface area (Å²) in [6.45, 7) is 2.15. The summed E-state index contributed by atoms with van der Waals surface area (Å²) in [4.78, 5) is 22.6. The molecule has 4 aromatic rings. The molecule has 0 atom stereocenters. The number of carbonyl (C=O) groups is 1. The number of benzene rings is 1. The lowest BCUT2D eigenvalue weighted by molar-refractivity contribution is -0.116. The number of H-pyrrole nitrogens is 1. The smallest absolute Gasteiger partial charge is 0.226 e. The van der Waals surface area contributed by atoms with E-state index in [1.165, 1.54) is 27.2 Å². The van der Waals surface area contributed by atoms with Crippen molar-refractivity contribution in [2.24, 2.45) is 0 Å². The molecule has 3 aromatic heterocycles. The minimum absolute atomic E-state index is 0.00314. The predicted octanol–water partition coefficient (Wildman–Crippen LogP) is 5.49. The molecule has 0 radical (unpaired) electrons. The number of thiazole rings is 1. The summed E-state index contributed by atoms with van der Waals surface area (Å²) < 4.78 is 0. The number of hydrogen-bond donors (Lipinski definition) is 2. The number of aromatic nitrogens is 2. The molecule has 0 saturated heterocycles. The molecule has 0 fully saturated rings. The lowest BCUT2D eigenvalue weighted by Crippen LogP contribution is -2.12. The molecule has 4 rings (SSSR count). The van der Waals surface area contributed by atoms with Crippen LogP contribution in [-0.2, 0) is 17.6 Å². The number of hydrogen-bond acceptors (Lipinski definition) is 4. The van der Waals surface area contributed by atoms with E-state index in [2.05, 4.69) is 40.4 Å². The van der Waals surface area contributed by atoms with Gasteiger partial charge in [0.25, 0.3) is 0 Å². The van der Waals surface area contributed by atoms with Gasteiger partial charge in [-0.15, -0.1) is 22.7 Å². The fourth-order valence-corrected chi connectivity index (χ4v) is 4.63. The number of rotatable bonds is 6. The van der Waals surface area contributed by atoms with Gasteiger partial charge in [0.05, 0.1) is 10.6 Å². The molecule has 0 bridgehead atoms. The zero-order chi connectivity index (χ0) is 17.9. The van der Waals surface area contributed by atoms with Gasteiger partial charge in [-0.2, -0.15) is 0 Å². The first-order chi connectivity index (χ1) is 12.7. The van der Waals surface area contributed by atoms with Gasteiger partial charge in [-0.3, -0.25) is 4.79 Å². The normalized spacial score (nSPS) is 11.1. The third kappa shape index (κ3) is 3.57. The highest BCUT2D eigenvalue weighted by Gasteiger charge is 2.11. The first-order valence-corrected chi connectivity index (χ1v) is 10.3. The molecule has 0 aliphatic carbocycles. The molecular formula is C20H19N3OS2. The van der Waals surface area contributed by atoms with E-state index >= 15 is 0 Å². The molecular weight excluding hydrogens is 362 g/mol. The maximum atomic E-state index is 12.3. The van der Waals surface area contributed by atoms with Crippen LogP contribution in [0.5, 0.6) is 0 Å². The van der Waals surface area contributed by atoms with E-state index in [9.17, 15) is 4.79 Å². The standard InChI is InChI=1S/C20H19N3OS2/c1-2-14-8-9-18(26-14)17-12-25-20(22-17)23-19(24)10-7-13-11-21-16-6-4-3-5-15(13)16/h3-6,8-9,11-12,21H,2,7,10H2,1H3,(H,22,23,24). The Morgan fingerprint density at radius 2 is 2.12 bits per heavy atom. The Hall–Kier alpha value is -2.44. The molecule has 26 heavy (non-hydrogen) atoms. The van der Waals surface area contributed by atoms with Crippen molar-refractivity contribution >= 4 is 44.6 Å². The number of aryl methyl sites for hydroxylation is 2. The van der Waals surface area contributed by atoms with Crippen LogP contribution in [0.25, 0.3) is 21.5 Å². The van der Waals surface area contributed by atoms with E-state index in [1.54, 1.807) is 11.3 Å². The van der Waals surface area contributed by atoms with Gasteiger partial charge in [0.15, 0.2) is 5.13 Å². The van der Waals surface area contributed by atoms with E-state index in [4.69, 9.17) is 0 Å². The molecule has 2 N–H and O–H groups in total. The first kappa shape index (κ1) is 17.0. The van der Waals surface area contributed by atoms with Gasteiger partial charge in [0, 0.05) is 33.8 Å². The topological polar surface area (TPSA) is 57.8 Å². The summed E-state index contributed by atoms with van der Waals surface area (Å²) in [7, 11) is 0. The van der Waals surface area contributed by atoms with E-state index in [0.717, 1.165) is 22.5 Å². The average Bonchev–Trinajstić information content (AvgIpc) is 3.39. The number of thiophene rings is 1. The largest absolute Gasteiger partial charge is 0.361 e. The highest BCUT2D eigenvalue weighted by Crippen LogP contribution is 2.31. The quantitative estimate of drug-likeness (QED) is 0.464. The molecule has 132 valence electrons. The second kappa shape index (κ2) is 7.43. The van der Waals surface area contributed by atoms with Crippen molar-refractivity contribution in [1.29, 1.82) is 0 Å². The van der Waals surface area contributed by atoms with Gasteiger partial charge in [-0.1, -0.05) is 25.1 Å². The fraction of sp³-hybridized carbons (Fsp3) is 0.200. The summed E-state index contributed by atoms with van der Waals surface area (Å²) in [5, 5.41) is 6.77. The van der Waals surface area contributed by atoms with Crippen molar-refractivity contribution in [3.63, 3.8) is 0 Å². The highest BCUT2D eigenvalue weighted by molar-refractivity contribution is 7.17. The van der Waals surface area contributed by atoms with Crippen LogP contribution in [0.15, 0.2) is 48.0 Å². The Bertz CT molecular complexity index is 1040. The van der Waals surface area contributed by atoms with Crippen molar-refractivity contribution in [1.82, 2.24) is 9.97 Å². The predicted molar refractivity (Wildman–Crippen MR) is 110 cm³/mol. The SMILES string of the molecule is CCc1ccc(-c2csc(NC(=O)CCc3c[nH]c4ccccc34)n2)s1. The Kier molecular flexibility index (Phi) is 4.86. The summed E-state index contributed by atoms with van der Waals surface area (Å²) in [5.74, 6) is -0.00314. The van der Waals surface area contributed by atoms with Gasteiger partial charge in [-0.25, -0.2) is 4.98 Å². The fourth-order valence-electron chi connectivity index (χ4n) is 2.92. The van der Waals surface area contributed by atoms with Gasteiger partial charge < -0.3 is 10.3 Å². The van der Waals surface area contributed by atoms with Crippen LogP contribution in [0.3, 0.4) is 0 Å². The molecule has 1 aromatic carbocycles. The Balaban J connectivity index is 1.38. The maximum absolute atomic E-state index is 12.3. The van der Waals surface area contributed by atoms with Crippen molar-refractivity contribution in [2.45, 2.75) is 26.2 Å². The average molecular weight is 382 g/mol. The van der Waals surface area contributed by atoms with Crippen LogP contribution in [-0.4, -0.2) is 15.9 Å². The van der Waals surface area contributed by atoms with Crippen molar-refractivity contribution in [3.8, 4) is 10.6 Å². The molecule has 6 heteroatoms. The summed E-state index contributed by atoms with van der Waals surface area (Å²) in [6, 6.07) is 12.4. The molecule has 0 spiro atoms. The second-order valence-electron chi connectivity index (χ2n) is 6.07. The molecule has 4 nitrogen and oxygen atoms in total. The van der Waals surface area contributed by atoms with Crippen molar-refractivity contribution < 1.29 is 4.79 Å². The minimum atomic E-state index is -0.00314. The zero-order valence-corrected chi connectivity index (χ0v) is 16.0. The highest BCUT2D eigenvalue weighted by atomic mass is 32.1. The Morgan fingerprint density at radius 1 is 1.23 bits per heavy atom. The van der Waals surface area contributed by atoms with Crippen molar-refractivity contribution in [2.75, 3.05) is 5.32 Å². The molecule has 0 saturated carbocycles. The lowest BCUT2D eigenvalue weighted by Gasteiger charge is -2.01. The van der Waals surface area contributed by atoms with Gasteiger partial charge in [0.1, 0.15) is 0 Å². The molecule has 3 heterocycles. The number of anilines is 1. The Morgan fingerprint density at radius 3 is 2.96 bits per heavy atom. The number of fused-ring (bicyclic) bond motifs is 1. The summed E-state index contributed by atoms with van der Waals surface area (Å²) in [6.07, 6.45) is 4.17. The number of para-hydroxylation sites is 1. The summed E-state index contributed by atoms with van der Waals surface area (Å²) in [5.41, 5.74) is 3.21. The van der Waals surface area contributed by atoms with E-state index in [-0.39, 0.29) is 5.91 Å². The Labute approximate surface area is 159 Å². The number of aromatic amines is 1. The van der Waals surface area contributed by atoms with Crippen molar-refractivity contribution in [3.05, 3.63) is 58.4 Å². The minimum Gasteiger partial charge on any atom is -0.361 e. The van der Waals surface area contributed by atoms with Crippen LogP contribution in [0.2, 0.25) is 0 Å². The molecule has 1 amide bonds. The van der Waals surface area contributed by atoms with Crippen LogP contribution < -0.4 is 5.32 Å². The van der Waals surface area contributed by atoms with E-state index in [0.29, 0.717) is 18.0 Å². The first-order valence-electron chi connectivity index (χ1n) is 8.62. The van der Waals surface area contributed by atoms with E-state index < -0.39 is 0 Å². The number of carbonyl (C=O) groups excluding carboxylic acids is 1.